The van der Waals surface area contributed by atoms with E-state index in [1.807, 2.05) is 24.3 Å². The number of H-pyrrole nitrogens is 1. The van der Waals surface area contributed by atoms with Crippen LogP contribution in [0.4, 0.5) is 21.8 Å². The highest BCUT2D eigenvalue weighted by atomic mass is 19.1. The van der Waals surface area contributed by atoms with E-state index in [1.54, 1.807) is 6.20 Å². The molecule has 0 fully saturated rings. The van der Waals surface area contributed by atoms with E-state index < -0.39 is 0 Å². The number of nitrogens with one attached hydrogen (secondary N) is 2. The molecule has 5 rings (SSSR count). The van der Waals surface area contributed by atoms with Gasteiger partial charge in [0, 0.05) is 24.8 Å². The van der Waals surface area contributed by atoms with Gasteiger partial charge in [-0.05, 0) is 35.7 Å². The van der Waals surface area contributed by atoms with Crippen molar-refractivity contribution in [3.63, 3.8) is 0 Å². The van der Waals surface area contributed by atoms with E-state index in [1.165, 1.54) is 23.4 Å². The van der Waals surface area contributed by atoms with Crippen LogP contribution in [0.25, 0.3) is 11.0 Å². The summed E-state index contributed by atoms with van der Waals surface area (Å²) in [6.45, 7) is 1.47. The van der Waals surface area contributed by atoms with Gasteiger partial charge in [0.2, 0.25) is 5.95 Å². The number of rotatable bonds is 4. The van der Waals surface area contributed by atoms with Gasteiger partial charge in [0.05, 0.1) is 11.6 Å². The lowest BCUT2D eigenvalue weighted by Crippen LogP contribution is -2.42. The number of para-hydroxylation sites is 1. The second-order valence-electron chi connectivity index (χ2n) is 7.24. The molecule has 0 saturated heterocycles. The van der Waals surface area contributed by atoms with Crippen molar-refractivity contribution in [3.05, 3.63) is 71.7 Å². The predicted molar refractivity (Wildman–Crippen MR) is 111 cm³/mol. The second-order valence-corrected chi connectivity index (χ2v) is 7.24. The lowest BCUT2D eigenvalue weighted by molar-refractivity contribution is 0.619. The summed E-state index contributed by atoms with van der Waals surface area (Å²) in [4.78, 5) is 10.9. The Bertz CT molecular complexity index is 1160. The average Bonchev–Trinajstić information content (AvgIpc) is 3.18. The SMILES string of the molecule is Nc1nc(N[C@H]2Cc3ccccc3N(Cc3ccc(F)cc3)C2)c2cn[nH]c2n1. The lowest BCUT2D eigenvalue weighted by Gasteiger charge is -2.37. The highest BCUT2D eigenvalue weighted by Gasteiger charge is 2.25. The minimum absolute atomic E-state index is 0.123. The summed E-state index contributed by atoms with van der Waals surface area (Å²) in [6, 6.07) is 15.1. The number of aromatic nitrogens is 4. The maximum absolute atomic E-state index is 13.3. The van der Waals surface area contributed by atoms with E-state index >= 15 is 0 Å². The first-order chi connectivity index (χ1) is 14.2. The molecule has 7 nitrogen and oxygen atoms in total. The molecule has 0 spiro atoms. The topological polar surface area (TPSA) is 95.7 Å². The van der Waals surface area contributed by atoms with Crippen molar-refractivity contribution in [2.45, 2.75) is 19.0 Å². The first-order valence-corrected chi connectivity index (χ1v) is 9.46. The van der Waals surface area contributed by atoms with E-state index in [0.717, 1.165) is 23.9 Å². The Hall–Kier alpha value is -3.68. The summed E-state index contributed by atoms with van der Waals surface area (Å²) in [5.74, 6) is 0.647. The number of aromatic amines is 1. The van der Waals surface area contributed by atoms with Crippen molar-refractivity contribution in [1.29, 1.82) is 0 Å². The Kier molecular flexibility index (Phi) is 4.23. The van der Waals surface area contributed by atoms with E-state index in [4.69, 9.17) is 5.73 Å². The molecule has 3 heterocycles. The number of hydrogen-bond donors (Lipinski definition) is 3. The fraction of sp³-hybridized carbons (Fsp3) is 0.190. The number of nitrogens with two attached hydrogens (primary N) is 1. The maximum Gasteiger partial charge on any atom is 0.224 e. The Morgan fingerprint density at radius 1 is 1.14 bits per heavy atom. The average molecular weight is 389 g/mol. The Morgan fingerprint density at radius 2 is 1.97 bits per heavy atom. The standard InChI is InChI=1S/C21H20FN7/c22-15-7-5-13(6-8-15)11-29-12-16(9-14-3-1-2-4-18(14)29)25-19-17-10-24-28-20(17)27-21(23)26-19/h1-8,10,16H,9,11-12H2,(H4,23,24,25,26,27,28)/t16-/m0/s1. The third kappa shape index (κ3) is 3.44. The minimum atomic E-state index is -0.224. The normalized spacial score (nSPS) is 16.0. The molecule has 146 valence electrons. The molecule has 1 atom stereocenters. The fourth-order valence-electron chi connectivity index (χ4n) is 3.90. The smallest absolute Gasteiger partial charge is 0.224 e. The third-order valence-electron chi connectivity index (χ3n) is 5.19. The molecule has 2 aromatic carbocycles. The van der Waals surface area contributed by atoms with Gasteiger partial charge in [-0.15, -0.1) is 0 Å². The maximum atomic E-state index is 13.3. The van der Waals surface area contributed by atoms with Crippen LogP contribution in [-0.4, -0.2) is 32.8 Å². The highest BCUT2D eigenvalue weighted by Crippen LogP contribution is 2.30. The van der Waals surface area contributed by atoms with Gasteiger partial charge in [-0.2, -0.15) is 15.1 Å². The first-order valence-electron chi connectivity index (χ1n) is 9.46. The molecule has 4 aromatic rings. The van der Waals surface area contributed by atoms with Crippen LogP contribution in [0.3, 0.4) is 0 Å². The molecule has 0 amide bonds. The van der Waals surface area contributed by atoms with Gasteiger partial charge in [-0.1, -0.05) is 30.3 Å². The van der Waals surface area contributed by atoms with Gasteiger partial charge < -0.3 is 16.0 Å². The van der Waals surface area contributed by atoms with Gasteiger partial charge in [0.15, 0.2) is 5.65 Å². The van der Waals surface area contributed by atoms with Crippen molar-refractivity contribution >= 4 is 28.5 Å². The van der Waals surface area contributed by atoms with Crippen LogP contribution in [0.15, 0.2) is 54.7 Å². The van der Waals surface area contributed by atoms with Crippen LogP contribution in [0, 0.1) is 5.82 Å². The molecule has 8 heteroatoms. The second kappa shape index (κ2) is 7.05. The minimum Gasteiger partial charge on any atom is -0.368 e. The van der Waals surface area contributed by atoms with Crippen molar-refractivity contribution < 1.29 is 4.39 Å². The zero-order chi connectivity index (χ0) is 19.8. The predicted octanol–water partition coefficient (Wildman–Crippen LogP) is 3.12. The summed E-state index contributed by atoms with van der Waals surface area (Å²) in [7, 11) is 0. The molecular formula is C21H20FN7. The van der Waals surface area contributed by atoms with Crippen LogP contribution < -0.4 is 16.0 Å². The number of fused-ring (bicyclic) bond motifs is 2. The van der Waals surface area contributed by atoms with Crippen LogP contribution in [-0.2, 0) is 13.0 Å². The fourth-order valence-corrected chi connectivity index (χ4v) is 3.90. The van der Waals surface area contributed by atoms with Gasteiger partial charge >= 0.3 is 0 Å². The van der Waals surface area contributed by atoms with Crippen molar-refractivity contribution in [2.75, 3.05) is 22.5 Å². The van der Waals surface area contributed by atoms with E-state index in [2.05, 4.69) is 42.5 Å². The summed E-state index contributed by atoms with van der Waals surface area (Å²) < 4.78 is 13.3. The number of nitrogens with zero attached hydrogens (tertiary/aromatic N) is 4. The number of nitrogen functional groups attached to an aromatic ring is 1. The molecule has 0 radical (unpaired) electrons. The molecule has 0 saturated carbocycles. The zero-order valence-corrected chi connectivity index (χ0v) is 15.6. The lowest BCUT2D eigenvalue weighted by atomic mass is 9.97. The first kappa shape index (κ1) is 17.4. The monoisotopic (exact) mass is 389 g/mol. The quantitative estimate of drug-likeness (QED) is 0.496. The van der Waals surface area contributed by atoms with Gasteiger partial charge in [0.25, 0.3) is 0 Å². The van der Waals surface area contributed by atoms with Gasteiger partial charge in [0.1, 0.15) is 11.6 Å². The summed E-state index contributed by atoms with van der Waals surface area (Å²) in [6.07, 6.45) is 2.56. The van der Waals surface area contributed by atoms with Crippen molar-refractivity contribution in [1.82, 2.24) is 20.2 Å². The number of anilines is 3. The van der Waals surface area contributed by atoms with Crippen LogP contribution in [0.2, 0.25) is 0 Å². The van der Waals surface area contributed by atoms with Gasteiger partial charge in [-0.25, -0.2) is 4.39 Å². The third-order valence-corrected chi connectivity index (χ3v) is 5.19. The van der Waals surface area contributed by atoms with Crippen LogP contribution in [0.5, 0.6) is 0 Å². The highest BCUT2D eigenvalue weighted by molar-refractivity contribution is 5.87. The summed E-state index contributed by atoms with van der Waals surface area (Å²) >= 11 is 0. The van der Waals surface area contributed by atoms with Crippen molar-refractivity contribution in [3.8, 4) is 0 Å². The molecule has 29 heavy (non-hydrogen) atoms. The summed E-state index contributed by atoms with van der Waals surface area (Å²) in [5.41, 5.74) is 9.98. The van der Waals surface area contributed by atoms with Crippen molar-refractivity contribution in [2.24, 2.45) is 0 Å². The zero-order valence-electron chi connectivity index (χ0n) is 15.6. The van der Waals surface area contributed by atoms with Crippen LogP contribution >= 0.6 is 0 Å². The van der Waals surface area contributed by atoms with E-state index in [9.17, 15) is 4.39 Å². The van der Waals surface area contributed by atoms with E-state index in [0.29, 0.717) is 18.0 Å². The molecular weight excluding hydrogens is 369 g/mol. The molecule has 0 aliphatic carbocycles. The number of halogens is 1. The Balaban J connectivity index is 1.44. The molecule has 1 aliphatic rings. The Morgan fingerprint density at radius 3 is 2.83 bits per heavy atom. The molecule has 0 bridgehead atoms. The number of hydrogen-bond acceptors (Lipinski definition) is 6. The number of benzene rings is 2. The molecule has 2 aromatic heterocycles. The van der Waals surface area contributed by atoms with E-state index in [-0.39, 0.29) is 17.8 Å². The molecule has 4 N–H and O–H groups in total. The molecule has 0 unspecified atom stereocenters. The molecule has 1 aliphatic heterocycles. The Labute approximate surface area is 166 Å². The largest absolute Gasteiger partial charge is 0.368 e. The van der Waals surface area contributed by atoms with Gasteiger partial charge in [-0.3, -0.25) is 5.10 Å². The summed E-state index contributed by atoms with van der Waals surface area (Å²) in [5, 5.41) is 11.2. The van der Waals surface area contributed by atoms with Crippen LogP contribution in [0.1, 0.15) is 11.1 Å².